The third-order valence-corrected chi connectivity index (χ3v) is 6.41. The second-order valence-electron chi connectivity index (χ2n) is 9.20. The first kappa shape index (κ1) is 29.5. The number of hydrogen-bond acceptors (Lipinski definition) is 8. The molecule has 0 fully saturated rings. The highest BCUT2D eigenvalue weighted by molar-refractivity contribution is 6.16. The van der Waals surface area contributed by atoms with Crippen molar-refractivity contribution in [1.82, 2.24) is 19.6 Å². The van der Waals surface area contributed by atoms with E-state index < -0.39 is 23.8 Å². The van der Waals surface area contributed by atoms with E-state index in [1.54, 1.807) is 74.5 Å². The van der Waals surface area contributed by atoms with E-state index in [0.29, 0.717) is 11.4 Å². The number of esters is 2. The van der Waals surface area contributed by atoms with E-state index in [9.17, 15) is 19.2 Å². The standard InChI is InChI=1S/C32H28N6O6/c1-3-43-31(41)25-19-33-37(21-13-7-5-8-14-21)27(25)35-29(39)23-17-11-12-18-24(23)30(40)36-28-26(32(42)44-4-2)20-34-38(28)22-15-9-6-10-16-22/h5-20H,3-4H2,1-2H3,(H,35,39)(H,36,40). The third kappa shape index (κ3) is 6.09. The molecule has 0 radical (unpaired) electrons. The lowest BCUT2D eigenvalue weighted by molar-refractivity contribution is 0.0517. The molecule has 2 aromatic heterocycles. The zero-order valence-corrected chi connectivity index (χ0v) is 23.9. The van der Waals surface area contributed by atoms with Crippen molar-refractivity contribution in [3.63, 3.8) is 0 Å². The van der Waals surface area contributed by atoms with Gasteiger partial charge in [-0.2, -0.15) is 10.2 Å². The summed E-state index contributed by atoms with van der Waals surface area (Å²) in [5.41, 5.74) is 1.26. The molecular formula is C32H28N6O6. The van der Waals surface area contributed by atoms with E-state index >= 15 is 0 Å². The quantitative estimate of drug-likeness (QED) is 0.217. The van der Waals surface area contributed by atoms with Gasteiger partial charge in [0.25, 0.3) is 11.8 Å². The van der Waals surface area contributed by atoms with Crippen LogP contribution in [0.25, 0.3) is 11.4 Å². The lowest BCUT2D eigenvalue weighted by Crippen LogP contribution is -2.24. The number of carbonyl (C=O) groups excluding carboxylic acids is 4. The van der Waals surface area contributed by atoms with Crippen LogP contribution in [-0.2, 0) is 9.47 Å². The van der Waals surface area contributed by atoms with Gasteiger partial charge in [0, 0.05) is 0 Å². The van der Waals surface area contributed by atoms with Crippen molar-refractivity contribution in [3.8, 4) is 11.4 Å². The van der Waals surface area contributed by atoms with Gasteiger partial charge in [-0.1, -0.05) is 48.5 Å². The molecule has 2 N–H and O–H groups in total. The Morgan fingerprint density at radius 1 is 0.568 bits per heavy atom. The van der Waals surface area contributed by atoms with Crippen LogP contribution in [0.1, 0.15) is 55.3 Å². The maximum Gasteiger partial charge on any atom is 0.343 e. The topological polar surface area (TPSA) is 146 Å². The van der Waals surface area contributed by atoms with Crippen molar-refractivity contribution in [2.75, 3.05) is 23.8 Å². The van der Waals surface area contributed by atoms with Gasteiger partial charge in [0.05, 0.1) is 48.1 Å². The number of anilines is 2. The van der Waals surface area contributed by atoms with Crippen LogP contribution in [0.3, 0.4) is 0 Å². The zero-order chi connectivity index (χ0) is 31.1. The smallest absolute Gasteiger partial charge is 0.343 e. The molecule has 44 heavy (non-hydrogen) atoms. The number of aromatic nitrogens is 4. The second-order valence-corrected chi connectivity index (χ2v) is 9.20. The molecular weight excluding hydrogens is 564 g/mol. The lowest BCUT2D eigenvalue weighted by atomic mass is 10.1. The number of para-hydroxylation sites is 2. The molecule has 0 aliphatic carbocycles. The van der Waals surface area contributed by atoms with Crippen molar-refractivity contribution >= 4 is 35.4 Å². The number of benzene rings is 3. The first-order valence-electron chi connectivity index (χ1n) is 13.8. The summed E-state index contributed by atoms with van der Waals surface area (Å²) in [6.07, 6.45) is 2.61. The van der Waals surface area contributed by atoms with E-state index in [-0.39, 0.29) is 47.1 Å². The Hall–Kier alpha value is -6.04. The molecule has 0 aliphatic rings. The fraction of sp³-hybridized carbons (Fsp3) is 0.125. The van der Waals surface area contributed by atoms with Crippen LogP contribution < -0.4 is 10.6 Å². The molecule has 0 spiro atoms. The molecule has 0 saturated heterocycles. The van der Waals surface area contributed by atoms with Crippen LogP contribution in [0, 0.1) is 0 Å². The normalized spacial score (nSPS) is 10.6. The van der Waals surface area contributed by atoms with Crippen molar-refractivity contribution in [2.24, 2.45) is 0 Å². The highest BCUT2D eigenvalue weighted by Crippen LogP contribution is 2.25. The van der Waals surface area contributed by atoms with Gasteiger partial charge >= 0.3 is 11.9 Å². The Morgan fingerprint density at radius 3 is 1.30 bits per heavy atom. The minimum absolute atomic E-state index is 0.00378. The molecule has 0 atom stereocenters. The fourth-order valence-electron chi connectivity index (χ4n) is 4.41. The third-order valence-electron chi connectivity index (χ3n) is 6.41. The van der Waals surface area contributed by atoms with Gasteiger partial charge in [0.2, 0.25) is 0 Å². The summed E-state index contributed by atoms with van der Waals surface area (Å²) in [5, 5.41) is 14.1. The molecule has 0 bridgehead atoms. The minimum atomic E-state index is -0.679. The average Bonchev–Trinajstić information content (AvgIpc) is 3.66. The van der Waals surface area contributed by atoms with Crippen molar-refractivity contribution in [3.05, 3.63) is 120 Å². The summed E-state index contributed by atoms with van der Waals surface area (Å²) in [6, 6.07) is 24.0. The molecule has 5 aromatic rings. The number of ether oxygens (including phenoxy) is 2. The fourth-order valence-corrected chi connectivity index (χ4v) is 4.41. The predicted molar refractivity (Wildman–Crippen MR) is 161 cm³/mol. The average molecular weight is 593 g/mol. The van der Waals surface area contributed by atoms with Gasteiger partial charge in [0.1, 0.15) is 11.1 Å². The van der Waals surface area contributed by atoms with E-state index in [1.807, 2.05) is 12.1 Å². The van der Waals surface area contributed by atoms with Crippen molar-refractivity contribution in [2.45, 2.75) is 13.8 Å². The largest absolute Gasteiger partial charge is 0.462 e. The molecule has 2 heterocycles. The van der Waals surface area contributed by atoms with Gasteiger partial charge < -0.3 is 20.1 Å². The maximum absolute atomic E-state index is 13.7. The highest BCUT2D eigenvalue weighted by atomic mass is 16.5. The number of nitrogens with zero attached hydrogens (tertiary/aromatic N) is 4. The van der Waals surface area contributed by atoms with Crippen LogP contribution in [0.15, 0.2) is 97.3 Å². The van der Waals surface area contributed by atoms with Gasteiger partial charge in [0.15, 0.2) is 11.6 Å². The van der Waals surface area contributed by atoms with Crippen molar-refractivity contribution < 1.29 is 28.7 Å². The first-order chi connectivity index (χ1) is 21.4. The number of rotatable bonds is 10. The van der Waals surface area contributed by atoms with Crippen LogP contribution in [0.5, 0.6) is 0 Å². The van der Waals surface area contributed by atoms with Crippen LogP contribution in [0.2, 0.25) is 0 Å². The first-order valence-corrected chi connectivity index (χ1v) is 13.8. The molecule has 12 nitrogen and oxygen atoms in total. The highest BCUT2D eigenvalue weighted by Gasteiger charge is 2.26. The van der Waals surface area contributed by atoms with E-state index in [1.165, 1.54) is 33.9 Å². The summed E-state index contributed by atoms with van der Waals surface area (Å²) >= 11 is 0. The summed E-state index contributed by atoms with van der Waals surface area (Å²) in [5.74, 6) is -2.56. The molecule has 222 valence electrons. The Labute approximate surface area is 252 Å². The molecule has 0 saturated carbocycles. The molecule has 5 rings (SSSR count). The van der Waals surface area contributed by atoms with E-state index in [0.717, 1.165) is 0 Å². The van der Waals surface area contributed by atoms with Gasteiger partial charge in [-0.3, -0.25) is 9.59 Å². The van der Waals surface area contributed by atoms with Crippen LogP contribution >= 0.6 is 0 Å². The molecule has 0 unspecified atom stereocenters. The SMILES string of the molecule is CCOC(=O)c1cnn(-c2ccccc2)c1NC(=O)c1ccccc1C(=O)Nc1c(C(=O)OCC)cnn1-c1ccccc1. The zero-order valence-electron chi connectivity index (χ0n) is 23.9. The summed E-state index contributed by atoms with van der Waals surface area (Å²) in [7, 11) is 0. The number of nitrogens with one attached hydrogen (secondary N) is 2. The number of amides is 2. The minimum Gasteiger partial charge on any atom is -0.462 e. The Bertz CT molecular complexity index is 1680. The Morgan fingerprint density at radius 2 is 0.932 bits per heavy atom. The summed E-state index contributed by atoms with van der Waals surface area (Å²) in [4.78, 5) is 52.9. The van der Waals surface area contributed by atoms with Gasteiger partial charge in [-0.25, -0.2) is 19.0 Å². The molecule has 12 heteroatoms. The molecule has 0 aliphatic heterocycles. The monoisotopic (exact) mass is 592 g/mol. The van der Waals surface area contributed by atoms with Crippen LogP contribution in [-0.4, -0.2) is 56.5 Å². The van der Waals surface area contributed by atoms with Gasteiger partial charge in [-0.15, -0.1) is 0 Å². The predicted octanol–water partition coefficient (Wildman–Crippen LogP) is 4.92. The van der Waals surface area contributed by atoms with E-state index in [2.05, 4.69) is 20.8 Å². The van der Waals surface area contributed by atoms with Crippen LogP contribution in [0.4, 0.5) is 11.6 Å². The van der Waals surface area contributed by atoms with Gasteiger partial charge in [-0.05, 0) is 50.2 Å². The van der Waals surface area contributed by atoms with E-state index in [4.69, 9.17) is 9.47 Å². The maximum atomic E-state index is 13.7. The molecule has 2 amide bonds. The summed E-state index contributed by atoms with van der Waals surface area (Å²) in [6.45, 7) is 3.59. The Balaban J connectivity index is 1.50. The number of hydrogen-bond donors (Lipinski definition) is 2. The second kappa shape index (κ2) is 13.3. The summed E-state index contributed by atoms with van der Waals surface area (Å²) < 4.78 is 13.1. The lowest BCUT2D eigenvalue weighted by Gasteiger charge is -2.14. The molecule has 3 aromatic carbocycles. The van der Waals surface area contributed by atoms with Crippen molar-refractivity contribution in [1.29, 1.82) is 0 Å². The Kier molecular flexibility index (Phi) is 8.90. The number of carbonyl (C=O) groups is 4.